The van der Waals surface area contributed by atoms with E-state index in [0.717, 1.165) is 34.0 Å². The number of ether oxygens (including phenoxy) is 1. The molecule has 0 N–H and O–H groups in total. The van der Waals surface area contributed by atoms with Crippen molar-refractivity contribution >= 4 is 21.2 Å². The Labute approximate surface area is 135 Å². The molecule has 1 atom stereocenters. The van der Waals surface area contributed by atoms with Crippen LogP contribution >= 0.6 is 11.3 Å². The van der Waals surface area contributed by atoms with Crippen molar-refractivity contribution in [1.29, 1.82) is 0 Å². The van der Waals surface area contributed by atoms with Gasteiger partial charge in [-0.1, -0.05) is 30.3 Å². The Morgan fingerprint density at radius 2 is 2.09 bits per heavy atom. The molecule has 1 saturated heterocycles. The van der Waals surface area contributed by atoms with Crippen molar-refractivity contribution in [1.82, 2.24) is 4.98 Å². The van der Waals surface area contributed by atoms with Gasteiger partial charge in [-0.25, -0.2) is 13.4 Å². The van der Waals surface area contributed by atoms with Crippen LogP contribution in [0.15, 0.2) is 30.3 Å². The summed E-state index contributed by atoms with van der Waals surface area (Å²) < 4.78 is 30.1. The highest BCUT2D eigenvalue weighted by Gasteiger charge is 2.25. The molecule has 1 aliphatic heterocycles. The summed E-state index contributed by atoms with van der Waals surface area (Å²) in [6.07, 6.45) is 1.67. The van der Waals surface area contributed by atoms with Gasteiger partial charge < -0.3 is 4.74 Å². The predicted octanol–water partition coefficient (Wildman–Crippen LogP) is 3.21. The van der Waals surface area contributed by atoms with Gasteiger partial charge in [0.2, 0.25) is 0 Å². The van der Waals surface area contributed by atoms with Gasteiger partial charge in [-0.15, -0.1) is 11.3 Å². The van der Waals surface area contributed by atoms with Crippen molar-refractivity contribution in [3.05, 3.63) is 40.9 Å². The summed E-state index contributed by atoms with van der Waals surface area (Å²) in [5.41, 5.74) is 1.83. The van der Waals surface area contributed by atoms with Crippen LogP contribution in [-0.2, 0) is 20.3 Å². The van der Waals surface area contributed by atoms with Crippen molar-refractivity contribution in [2.45, 2.75) is 31.6 Å². The van der Waals surface area contributed by atoms with E-state index in [0.29, 0.717) is 6.61 Å². The highest BCUT2D eigenvalue weighted by molar-refractivity contribution is 7.90. The van der Waals surface area contributed by atoms with Crippen molar-refractivity contribution in [3.63, 3.8) is 0 Å². The van der Waals surface area contributed by atoms with E-state index < -0.39 is 9.84 Å². The monoisotopic (exact) mass is 337 g/mol. The zero-order valence-electron chi connectivity index (χ0n) is 12.5. The number of sulfone groups is 1. The number of aromatic nitrogens is 1. The Bertz CT molecular complexity index is 732. The molecular formula is C16H19NO3S2. The fourth-order valence-electron chi connectivity index (χ4n) is 2.58. The van der Waals surface area contributed by atoms with Crippen molar-refractivity contribution in [2.75, 3.05) is 12.4 Å². The van der Waals surface area contributed by atoms with E-state index in [-0.39, 0.29) is 17.6 Å². The highest BCUT2D eigenvalue weighted by atomic mass is 32.2. The first-order chi connectivity index (χ1) is 10.5. The Balaban J connectivity index is 1.76. The summed E-state index contributed by atoms with van der Waals surface area (Å²) in [6.45, 7) is 2.55. The second-order valence-corrected chi connectivity index (χ2v) is 8.78. The Hall–Kier alpha value is -1.24. The molecule has 0 spiro atoms. The van der Waals surface area contributed by atoms with E-state index in [1.54, 1.807) is 0 Å². The van der Waals surface area contributed by atoms with Gasteiger partial charge in [0.05, 0.1) is 23.3 Å². The van der Waals surface area contributed by atoms with Crippen LogP contribution < -0.4 is 0 Å². The topological polar surface area (TPSA) is 56.3 Å². The number of hydrogen-bond donors (Lipinski definition) is 0. The molecule has 0 bridgehead atoms. The lowest BCUT2D eigenvalue weighted by atomic mass is 10.2. The van der Waals surface area contributed by atoms with Gasteiger partial charge in [-0.2, -0.15) is 0 Å². The average molecular weight is 337 g/mol. The van der Waals surface area contributed by atoms with E-state index in [9.17, 15) is 8.42 Å². The lowest BCUT2D eigenvalue weighted by molar-refractivity contribution is 0.127. The van der Waals surface area contributed by atoms with E-state index in [1.165, 1.54) is 11.3 Å². The highest BCUT2D eigenvalue weighted by Crippen LogP contribution is 2.29. The van der Waals surface area contributed by atoms with Crippen LogP contribution in [0.1, 0.15) is 23.4 Å². The third-order valence-electron chi connectivity index (χ3n) is 3.73. The van der Waals surface area contributed by atoms with Crippen molar-refractivity contribution in [3.8, 4) is 10.6 Å². The second kappa shape index (κ2) is 6.48. The SMILES string of the molecule is Cc1nc(-c2ccccc2)sc1CS(=O)(=O)C[C@H]1CCCO1. The lowest BCUT2D eigenvalue weighted by Gasteiger charge is -2.09. The van der Waals surface area contributed by atoms with Crippen LogP contribution in [-0.4, -0.2) is 31.9 Å². The van der Waals surface area contributed by atoms with Crippen LogP contribution in [0.2, 0.25) is 0 Å². The van der Waals surface area contributed by atoms with E-state index in [2.05, 4.69) is 4.98 Å². The maximum Gasteiger partial charge on any atom is 0.157 e. The van der Waals surface area contributed by atoms with Crippen LogP contribution in [0.4, 0.5) is 0 Å². The number of thiazole rings is 1. The first-order valence-electron chi connectivity index (χ1n) is 7.37. The standard InChI is InChI=1S/C16H19NO3S2/c1-12-15(11-22(18,19)10-14-8-5-9-20-14)21-16(17-12)13-6-3-2-4-7-13/h2-4,6-7,14H,5,8-11H2,1H3/t14-/m1/s1. The molecule has 4 nitrogen and oxygen atoms in total. The zero-order valence-corrected chi connectivity index (χ0v) is 14.1. The van der Waals surface area contributed by atoms with Crippen LogP contribution in [0.5, 0.6) is 0 Å². The first-order valence-corrected chi connectivity index (χ1v) is 10.0. The summed E-state index contributed by atoms with van der Waals surface area (Å²) in [5.74, 6) is 0.175. The van der Waals surface area contributed by atoms with Gasteiger partial charge in [-0.05, 0) is 19.8 Å². The zero-order chi connectivity index (χ0) is 15.6. The molecule has 1 fully saturated rings. The summed E-state index contributed by atoms with van der Waals surface area (Å²) in [6, 6.07) is 9.85. The molecule has 2 aromatic rings. The average Bonchev–Trinajstić information content (AvgIpc) is 3.10. The van der Waals surface area contributed by atoms with Gasteiger partial charge in [0.15, 0.2) is 9.84 Å². The lowest BCUT2D eigenvalue weighted by Crippen LogP contribution is -2.21. The molecule has 1 aromatic carbocycles. The summed E-state index contributed by atoms with van der Waals surface area (Å²) in [7, 11) is -3.16. The molecule has 0 aliphatic carbocycles. The molecule has 3 rings (SSSR count). The quantitative estimate of drug-likeness (QED) is 0.840. The largest absolute Gasteiger partial charge is 0.377 e. The van der Waals surface area contributed by atoms with E-state index in [1.807, 2.05) is 37.3 Å². The number of nitrogens with zero attached hydrogens (tertiary/aromatic N) is 1. The van der Waals surface area contributed by atoms with Gasteiger partial charge in [0, 0.05) is 17.0 Å². The minimum absolute atomic E-state index is 0.0587. The normalized spacial score (nSPS) is 18.7. The number of rotatable bonds is 5. The summed E-state index contributed by atoms with van der Waals surface area (Å²) in [5, 5.41) is 0.875. The van der Waals surface area contributed by atoms with E-state index in [4.69, 9.17) is 4.74 Å². The maximum absolute atomic E-state index is 12.4. The predicted molar refractivity (Wildman–Crippen MR) is 88.8 cm³/mol. The van der Waals surface area contributed by atoms with Crippen molar-refractivity contribution < 1.29 is 13.2 Å². The third kappa shape index (κ3) is 3.74. The van der Waals surface area contributed by atoms with E-state index >= 15 is 0 Å². The molecule has 0 radical (unpaired) electrons. The Kier molecular flexibility index (Phi) is 4.61. The second-order valence-electron chi connectivity index (χ2n) is 5.58. The molecular weight excluding hydrogens is 318 g/mol. The van der Waals surface area contributed by atoms with Gasteiger partial charge in [0.25, 0.3) is 0 Å². The fraction of sp³-hybridized carbons (Fsp3) is 0.438. The third-order valence-corrected chi connectivity index (χ3v) is 6.73. The molecule has 6 heteroatoms. The van der Waals surface area contributed by atoms with Crippen LogP contribution in [0, 0.1) is 6.92 Å². The molecule has 0 amide bonds. The molecule has 0 unspecified atom stereocenters. The van der Waals surface area contributed by atoms with Gasteiger partial charge in [0.1, 0.15) is 5.01 Å². The maximum atomic E-state index is 12.4. The molecule has 1 aromatic heterocycles. The fourth-order valence-corrected chi connectivity index (χ4v) is 5.78. The first kappa shape index (κ1) is 15.6. The molecule has 2 heterocycles. The minimum atomic E-state index is -3.16. The number of benzene rings is 1. The Morgan fingerprint density at radius 3 is 2.77 bits per heavy atom. The Morgan fingerprint density at radius 1 is 1.32 bits per heavy atom. The smallest absolute Gasteiger partial charge is 0.157 e. The van der Waals surface area contributed by atoms with Gasteiger partial charge in [-0.3, -0.25) is 0 Å². The molecule has 0 saturated carbocycles. The summed E-state index contributed by atoms with van der Waals surface area (Å²) in [4.78, 5) is 5.35. The minimum Gasteiger partial charge on any atom is -0.377 e. The van der Waals surface area contributed by atoms with Crippen molar-refractivity contribution in [2.24, 2.45) is 0 Å². The van der Waals surface area contributed by atoms with Gasteiger partial charge >= 0.3 is 0 Å². The van der Waals surface area contributed by atoms with Crippen LogP contribution in [0.3, 0.4) is 0 Å². The number of hydrogen-bond acceptors (Lipinski definition) is 5. The molecule has 1 aliphatic rings. The summed E-state index contributed by atoms with van der Waals surface area (Å²) >= 11 is 1.47. The molecule has 22 heavy (non-hydrogen) atoms. The molecule has 118 valence electrons. The number of aryl methyl sites for hydroxylation is 1. The van der Waals surface area contributed by atoms with Crippen LogP contribution in [0.25, 0.3) is 10.6 Å².